The Balaban J connectivity index is 1.84. The van der Waals surface area contributed by atoms with Gasteiger partial charge in [0.25, 0.3) is 0 Å². The van der Waals surface area contributed by atoms with Crippen molar-refractivity contribution in [2.75, 3.05) is 5.75 Å². The van der Waals surface area contributed by atoms with Crippen LogP contribution >= 0.6 is 11.8 Å². The molecule has 0 spiro atoms. The summed E-state index contributed by atoms with van der Waals surface area (Å²) in [5.41, 5.74) is 3.31. The standard InChI is InChI=1S/C18H18N2O2S/c21-17(22)11-6-12-23-18-19-15-9-4-5-10-16(15)20(18)13-14-7-2-1-3-8-14/h1-5,7-10H,6,11-13H2,(H,21,22). The largest absolute Gasteiger partial charge is 0.481 e. The molecule has 1 aromatic heterocycles. The minimum atomic E-state index is -0.747. The van der Waals surface area contributed by atoms with Gasteiger partial charge in [-0.2, -0.15) is 0 Å². The number of aliphatic carboxylic acids is 1. The summed E-state index contributed by atoms with van der Waals surface area (Å²) in [7, 11) is 0. The van der Waals surface area contributed by atoms with Crippen LogP contribution in [0.15, 0.2) is 59.8 Å². The summed E-state index contributed by atoms with van der Waals surface area (Å²) in [5, 5.41) is 9.69. The normalized spacial score (nSPS) is 11.0. The lowest BCUT2D eigenvalue weighted by molar-refractivity contribution is -0.137. The van der Waals surface area contributed by atoms with Gasteiger partial charge in [-0.05, 0) is 24.1 Å². The van der Waals surface area contributed by atoms with Gasteiger partial charge >= 0.3 is 5.97 Å². The maximum atomic E-state index is 10.6. The number of para-hydroxylation sites is 2. The molecule has 0 aliphatic carbocycles. The Kier molecular flexibility index (Phi) is 4.98. The summed E-state index contributed by atoms with van der Waals surface area (Å²) in [6.07, 6.45) is 0.848. The SMILES string of the molecule is O=C(O)CCCSc1nc2ccccc2n1Cc1ccccc1. The molecule has 0 aliphatic heterocycles. The molecule has 0 amide bonds. The van der Waals surface area contributed by atoms with Crippen LogP contribution in [-0.4, -0.2) is 26.4 Å². The molecule has 3 rings (SSSR count). The second-order valence-electron chi connectivity index (χ2n) is 5.30. The zero-order valence-corrected chi connectivity index (χ0v) is 13.5. The van der Waals surface area contributed by atoms with Gasteiger partial charge in [-0.15, -0.1) is 0 Å². The van der Waals surface area contributed by atoms with Crippen LogP contribution in [0.4, 0.5) is 0 Å². The number of benzene rings is 2. The minimum absolute atomic E-state index is 0.200. The van der Waals surface area contributed by atoms with Crippen LogP contribution in [0, 0.1) is 0 Å². The summed E-state index contributed by atoms with van der Waals surface area (Å²) in [6.45, 7) is 0.766. The molecule has 5 heteroatoms. The number of carbonyl (C=O) groups is 1. The number of thioether (sulfide) groups is 1. The fourth-order valence-corrected chi connectivity index (χ4v) is 3.42. The molecule has 0 saturated carbocycles. The smallest absolute Gasteiger partial charge is 0.303 e. The number of hydrogen-bond acceptors (Lipinski definition) is 3. The van der Waals surface area contributed by atoms with E-state index in [1.54, 1.807) is 11.8 Å². The third-order valence-corrected chi connectivity index (χ3v) is 4.63. The number of hydrogen-bond donors (Lipinski definition) is 1. The van der Waals surface area contributed by atoms with E-state index in [4.69, 9.17) is 10.1 Å². The highest BCUT2D eigenvalue weighted by Gasteiger charge is 2.11. The van der Waals surface area contributed by atoms with Crippen LogP contribution in [-0.2, 0) is 11.3 Å². The van der Waals surface area contributed by atoms with Crippen molar-refractivity contribution in [2.24, 2.45) is 0 Å². The first-order valence-electron chi connectivity index (χ1n) is 7.58. The number of fused-ring (bicyclic) bond motifs is 1. The van der Waals surface area contributed by atoms with Crippen molar-refractivity contribution in [1.82, 2.24) is 9.55 Å². The molecule has 1 N–H and O–H groups in total. The number of nitrogens with zero attached hydrogens (tertiary/aromatic N) is 2. The topological polar surface area (TPSA) is 55.1 Å². The van der Waals surface area contributed by atoms with E-state index in [2.05, 4.69) is 22.8 Å². The van der Waals surface area contributed by atoms with Crippen LogP contribution in [0.2, 0.25) is 0 Å². The lowest BCUT2D eigenvalue weighted by atomic mass is 10.2. The van der Waals surface area contributed by atoms with Gasteiger partial charge < -0.3 is 9.67 Å². The van der Waals surface area contributed by atoms with Crippen molar-refractivity contribution >= 4 is 28.8 Å². The van der Waals surface area contributed by atoms with Gasteiger partial charge in [-0.25, -0.2) is 4.98 Å². The molecular weight excluding hydrogens is 308 g/mol. The summed E-state index contributed by atoms with van der Waals surface area (Å²) in [5.74, 6) is 0.00751. The average Bonchev–Trinajstić information content (AvgIpc) is 2.90. The van der Waals surface area contributed by atoms with Crippen molar-refractivity contribution in [3.05, 3.63) is 60.2 Å². The quantitative estimate of drug-likeness (QED) is 0.526. The Bertz CT molecular complexity index is 799. The second-order valence-corrected chi connectivity index (χ2v) is 6.36. The van der Waals surface area contributed by atoms with Crippen LogP contribution in [0.25, 0.3) is 11.0 Å². The van der Waals surface area contributed by atoms with Crippen LogP contribution in [0.5, 0.6) is 0 Å². The molecule has 1 heterocycles. The Morgan fingerprint density at radius 1 is 1.09 bits per heavy atom. The molecule has 4 nitrogen and oxygen atoms in total. The number of aromatic nitrogens is 2. The summed E-state index contributed by atoms with van der Waals surface area (Å²) < 4.78 is 2.20. The third-order valence-electron chi connectivity index (χ3n) is 3.57. The summed E-state index contributed by atoms with van der Waals surface area (Å²) in [4.78, 5) is 15.3. The molecule has 0 atom stereocenters. The molecule has 0 unspecified atom stereocenters. The molecule has 23 heavy (non-hydrogen) atoms. The first-order chi connectivity index (χ1) is 11.2. The van der Waals surface area contributed by atoms with Gasteiger partial charge in [0.2, 0.25) is 0 Å². The zero-order chi connectivity index (χ0) is 16.1. The van der Waals surface area contributed by atoms with Crippen molar-refractivity contribution < 1.29 is 9.90 Å². The van der Waals surface area contributed by atoms with Crippen molar-refractivity contribution in [3.8, 4) is 0 Å². The first-order valence-corrected chi connectivity index (χ1v) is 8.56. The molecule has 0 bridgehead atoms. The monoisotopic (exact) mass is 326 g/mol. The van der Waals surface area contributed by atoms with E-state index in [9.17, 15) is 4.79 Å². The highest BCUT2D eigenvalue weighted by Crippen LogP contribution is 2.25. The number of carboxylic acid groups (broad SMARTS) is 1. The Morgan fingerprint density at radius 2 is 1.83 bits per heavy atom. The number of carboxylic acids is 1. The van der Waals surface area contributed by atoms with E-state index in [0.717, 1.165) is 28.5 Å². The molecule has 2 aromatic carbocycles. The van der Waals surface area contributed by atoms with E-state index >= 15 is 0 Å². The van der Waals surface area contributed by atoms with E-state index in [1.807, 2.05) is 36.4 Å². The Labute approximate surface area is 139 Å². The predicted octanol–water partition coefficient (Wildman–Crippen LogP) is 4.04. The molecule has 3 aromatic rings. The Morgan fingerprint density at radius 3 is 2.61 bits per heavy atom. The molecular formula is C18H18N2O2S. The van der Waals surface area contributed by atoms with Crippen LogP contribution in [0.1, 0.15) is 18.4 Å². The fraction of sp³-hybridized carbons (Fsp3) is 0.222. The highest BCUT2D eigenvalue weighted by molar-refractivity contribution is 7.99. The Hall–Kier alpha value is -2.27. The lowest BCUT2D eigenvalue weighted by Crippen LogP contribution is -2.02. The van der Waals surface area contributed by atoms with Crippen molar-refractivity contribution in [1.29, 1.82) is 0 Å². The molecule has 0 radical (unpaired) electrons. The summed E-state index contributed by atoms with van der Waals surface area (Å²) in [6, 6.07) is 18.4. The van der Waals surface area contributed by atoms with Gasteiger partial charge in [0, 0.05) is 12.2 Å². The molecule has 0 saturated heterocycles. The van der Waals surface area contributed by atoms with Gasteiger partial charge in [0.05, 0.1) is 17.6 Å². The lowest BCUT2D eigenvalue weighted by Gasteiger charge is -2.09. The van der Waals surface area contributed by atoms with Gasteiger partial charge in [-0.1, -0.05) is 54.2 Å². The van der Waals surface area contributed by atoms with Crippen LogP contribution < -0.4 is 0 Å². The predicted molar refractivity (Wildman–Crippen MR) is 92.9 cm³/mol. The van der Waals surface area contributed by atoms with Gasteiger partial charge in [0.15, 0.2) is 5.16 Å². The zero-order valence-electron chi connectivity index (χ0n) is 12.7. The maximum absolute atomic E-state index is 10.6. The average molecular weight is 326 g/mol. The number of imidazole rings is 1. The van der Waals surface area contributed by atoms with Crippen molar-refractivity contribution in [2.45, 2.75) is 24.5 Å². The van der Waals surface area contributed by atoms with E-state index in [-0.39, 0.29) is 6.42 Å². The molecule has 0 aliphatic rings. The molecule has 118 valence electrons. The van der Waals surface area contributed by atoms with Gasteiger partial charge in [0.1, 0.15) is 0 Å². The second kappa shape index (κ2) is 7.33. The third kappa shape index (κ3) is 3.93. The van der Waals surface area contributed by atoms with Gasteiger partial charge in [-0.3, -0.25) is 4.79 Å². The number of rotatable bonds is 7. The first kappa shape index (κ1) is 15.6. The maximum Gasteiger partial charge on any atom is 0.303 e. The van der Waals surface area contributed by atoms with E-state index < -0.39 is 5.97 Å². The fourth-order valence-electron chi connectivity index (χ4n) is 2.47. The van der Waals surface area contributed by atoms with Crippen LogP contribution in [0.3, 0.4) is 0 Å². The highest BCUT2D eigenvalue weighted by atomic mass is 32.2. The molecule has 0 fully saturated rings. The van der Waals surface area contributed by atoms with Crippen molar-refractivity contribution in [3.63, 3.8) is 0 Å². The van der Waals surface area contributed by atoms with E-state index in [1.165, 1.54) is 5.56 Å². The summed E-state index contributed by atoms with van der Waals surface area (Å²) >= 11 is 1.62. The van der Waals surface area contributed by atoms with E-state index in [0.29, 0.717) is 6.42 Å². The minimum Gasteiger partial charge on any atom is -0.481 e.